The molecular weight excluding hydrogens is 204 g/mol. The number of hydrogen-bond acceptors (Lipinski definition) is 3. The van der Waals surface area contributed by atoms with Crippen LogP contribution in [0.2, 0.25) is 0 Å². The zero-order valence-corrected chi connectivity index (χ0v) is 8.97. The molecule has 2 atom stereocenters. The van der Waals surface area contributed by atoms with Gasteiger partial charge in [-0.1, -0.05) is 24.1 Å². The maximum Gasteiger partial charge on any atom is 0.161 e. The monoisotopic (exact) mass is 216 g/mol. The Morgan fingerprint density at radius 3 is 2.94 bits per heavy atom. The van der Waals surface area contributed by atoms with Crippen LogP contribution in [0.5, 0.6) is 5.75 Å². The van der Waals surface area contributed by atoms with Gasteiger partial charge in [-0.15, -0.1) is 6.42 Å². The summed E-state index contributed by atoms with van der Waals surface area (Å²) in [6.07, 6.45) is 4.64. The molecule has 3 nitrogen and oxygen atoms in total. The van der Waals surface area contributed by atoms with Gasteiger partial charge in [0.2, 0.25) is 0 Å². The molecule has 0 spiro atoms. The third-order valence-electron chi connectivity index (χ3n) is 2.43. The summed E-state index contributed by atoms with van der Waals surface area (Å²) in [6, 6.07) is 7.46. The number of ether oxygens (including phenoxy) is 2. The van der Waals surface area contributed by atoms with Gasteiger partial charge in [0, 0.05) is 5.56 Å². The summed E-state index contributed by atoms with van der Waals surface area (Å²) in [5.74, 6) is 3.13. The highest BCUT2D eigenvalue weighted by Gasteiger charge is 2.45. The first kappa shape index (κ1) is 10.7. The number of ketones is 1. The van der Waals surface area contributed by atoms with E-state index in [9.17, 15) is 4.79 Å². The first-order valence-electron chi connectivity index (χ1n) is 5.05. The number of carbonyl (C=O) groups excluding carboxylic acids is 1. The molecule has 1 heterocycles. The van der Waals surface area contributed by atoms with Gasteiger partial charge >= 0.3 is 0 Å². The Balaban J connectivity index is 2.15. The molecule has 0 unspecified atom stereocenters. The van der Waals surface area contributed by atoms with Crippen LogP contribution < -0.4 is 4.74 Å². The second-order valence-corrected chi connectivity index (χ2v) is 3.62. The minimum absolute atomic E-state index is 0.0387. The number of hydrogen-bond donors (Lipinski definition) is 0. The zero-order chi connectivity index (χ0) is 11.5. The van der Waals surface area contributed by atoms with Gasteiger partial charge in [0.1, 0.15) is 24.6 Å². The van der Waals surface area contributed by atoms with Crippen LogP contribution in [-0.4, -0.2) is 18.5 Å². The molecule has 1 aliphatic heterocycles. The van der Waals surface area contributed by atoms with Crippen LogP contribution in [0.3, 0.4) is 0 Å². The number of epoxide rings is 1. The molecule has 16 heavy (non-hydrogen) atoms. The molecule has 0 aliphatic carbocycles. The van der Waals surface area contributed by atoms with Crippen molar-refractivity contribution in [1.82, 2.24) is 0 Å². The summed E-state index contributed by atoms with van der Waals surface area (Å²) in [6.45, 7) is 1.74. The lowest BCUT2D eigenvalue weighted by Gasteiger charge is -2.06. The molecule has 1 fully saturated rings. The second-order valence-electron chi connectivity index (χ2n) is 3.62. The van der Waals surface area contributed by atoms with E-state index in [0.29, 0.717) is 5.75 Å². The van der Waals surface area contributed by atoms with Crippen molar-refractivity contribution in [3.05, 3.63) is 29.8 Å². The number of rotatable bonds is 4. The van der Waals surface area contributed by atoms with E-state index < -0.39 is 0 Å². The minimum Gasteiger partial charge on any atom is -0.481 e. The number of carbonyl (C=O) groups is 1. The van der Waals surface area contributed by atoms with Crippen molar-refractivity contribution >= 4 is 5.78 Å². The van der Waals surface area contributed by atoms with Crippen LogP contribution in [0, 0.1) is 12.3 Å². The Morgan fingerprint density at radius 2 is 2.31 bits per heavy atom. The van der Waals surface area contributed by atoms with Crippen LogP contribution in [0.25, 0.3) is 0 Å². The molecule has 0 bridgehead atoms. The van der Waals surface area contributed by atoms with Gasteiger partial charge in [-0.3, -0.25) is 4.79 Å². The summed E-state index contributed by atoms with van der Waals surface area (Å²) in [4.78, 5) is 11.1. The highest BCUT2D eigenvalue weighted by Crippen LogP contribution is 2.43. The lowest BCUT2D eigenvalue weighted by atomic mass is 10.1. The third kappa shape index (κ3) is 2.07. The maximum atomic E-state index is 11.1. The molecule has 1 aromatic rings. The largest absolute Gasteiger partial charge is 0.481 e. The van der Waals surface area contributed by atoms with E-state index in [4.69, 9.17) is 15.9 Å². The van der Waals surface area contributed by atoms with Crippen LogP contribution in [-0.2, 0) is 9.53 Å². The molecule has 3 heteroatoms. The Labute approximate surface area is 94.4 Å². The smallest absolute Gasteiger partial charge is 0.161 e. The van der Waals surface area contributed by atoms with E-state index in [0.717, 1.165) is 5.56 Å². The summed E-state index contributed by atoms with van der Waals surface area (Å²) in [5.41, 5.74) is 0.887. The zero-order valence-electron chi connectivity index (χ0n) is 8.97. The van der Waals surface area contributed by atoms with Crippen LogP contribution in [0.15, 0.2) is 24.3 Å². The normalized spacial score (nSPS) is 22.2. The molecule has 1 aromatic carbocycles. The van der Waals surface area contributed by atoms with Crippen LogP contribution >= 0.6 is 0 Å². The molecule has 82 valence electrons. The fraction of sp³-hybridized carbons (Fsp3) is 0.308. The Morgan fingerprint density at radius 1 is 1.56 bits per heavy atom. The van der Waals surface area contributed by atoms with Crippen molar-refractivity contribution in [2.24, 2.45) is 0 Å². The molecule has 0 N–H and O–H groups in total. The summed E-state index contributed by atoms with van der Waals surface area (Å²) in [5, 5.41) is 0. The molecule has 0 aromatic heterocycles. The Hall–Kier alpha value is -1.79. The van der Waals surface area contributed by atoms with Gasteiger partial charge in [-0.25, -0.2) is 0 Å². The van der Waals surface area contributed by atoms with Crippen LogP contribution in [0.4, 0.5) is 0 Å². The van der Waals surface area contributed by atoms with E-state index in [1.807, 2.05) is 24.3 Å². The summed E-state index contributed by atoms with van der Waals surface area (Å²) < 4.78 is 10.7. The predicted molar refractivity (Wildman–Crippen MR) is 59.1 cm³/mol. The van der Waals surface area contributed by atoms with Gasteiger partial charge in [-0.05, 0) is 13.0 Å². The highest BCUT2D eigenvalue weighted by molar-refractivity contribution is 5.83. The standard InChI is InChI=1S/C13H12O3/c1-3-8-15-11-7-5-4-6-10(11)13-12(16-13)9(2)14/h1,4-7,12-13H,8H2,2H3/t12-,13-/m0/s1. The van der Waals surface area contributed by atoms with E-state index in [1.54, 1.807) is 0 Å². The maximum absolute atomic E-state index is 11.1. The van der Waals surface area contributed by atoms with Gasteiger partial charge in [0.25, 0.3) is 0 Å². The SMILES string of the molecule is C#CCOc1ccccc1[C@@H]1O[C@H]1C(C)=O. The average molecular weight is 216 g/mol. The summed E-state index contributed by atoms with van der Waals surface area (Å²) >= 11 is 0. The Kier molecular flexibility index (Phi) is 2.93. The molecule has 1 saturated heterocycles. The first-order chi connectivity index (χ1) is 7.74. The minimum atomic E-state index is -0.324. The lowest BCUT2D eigenvalue weighted by molar-refractivity contribution is -0.118. The quantitative estimate of drug-likeness (QED) is 0.568. The predicted octanol–water partition coefficient (Wildman–Crippen LogP) is 1.73. The fourth-order valence-electron chi connectivity index (χ4n) is 1.62. The van der Waals surface area contributed by atoms with Crippen molar-refractivity contribution in [3.63, 3.8) is 0 Å². The van der Waals surface area contributed by atoms with Crippen molar-refractivity contribution in [2.75, 3.05) is 6.61 Å². The van der Waals surface area contributed by atoms with E-state index in [-0.39, 0.29) is 24.6 Å². The number of terminal acetylenes is 1. The fourth-order valence-corrected chi connectivity index (χ4v) is 1.62. The van der Waals surface area contributed by atoms with Gasteiger partial charge in [-0.2, -0.15) is 0 Å². The summed E-state index contributed by atoms with van der Waals surface area (Å²) in [7, 11) is 0. The highest BCUT2D eigenvalue weighted by atomic mass is 16.6. The van der Waals surface area contributed by atoms with Gasteiger partial charge in [0.15, 0.2) is 5.78 Å². The first-order valence-corrected chi connectivity index (χ1v) is 5.05. The molecule has 0 amide bonds. The number of Topliss-reactive ketones (excluding diaryl/α,β-unsaturated/α-hetero) is 1. The van der Waals surface area contributed by atoms with E-state index in [2.05, 4.69) is 5.92 Å². The topological polar surface area (TPSA) is 38.8 Å². The molecule has 0 radical (unpaired) electrons. The molecule has 2 rings (SSSR count). The number of benzene rings is 1. The van der Waals surface area contributed by atoms with Gasteiger partial charge < -0.3 is 9.47 Å². The van der Waals surface area contributed by atoms with Gasteiger partial charge in [0.05, 0.1) is 0 Å². The van der Waals surface area contributed by atoms with Crippen molar-refractivity contribution in [1.29, 1.82) is 0 Å². The van der Waals surface area contributed by atoms with E-state index >= 15 is 0 Å². The van der Waals surface area contributed by atoms with Crippen molar-refractivity contribution in [2.45, 2.75) is 19.1 Å². The Bertz CT molecular complexity index is 445. The van der Waals surface area contributed by atoms with Crippen molar-refractivity contribution in [3.8, 4) is 18.1 Å². The number of para-hydroxylation sites is 1. The van der Waals surface area contributed by atoms with E-state index in [1.165, 1.54) is 6.92 Å². The second kappa shape index (κ2) is 4.38. The molecule has 0 saturated carbocycles. The molecular formula is C13H12O3. The third-order valence-corrected chi connectivity index (χ3v) is 2.43. The van der Waals surface area contributed by atoms with Crippen LogP contribution in [0.1, 0.15) is 18.6 Å². The molecule has 1 aliphatic rings. The van der Waals surface area contributed by atoms with Crippen molar-refractivity contribution < 1.29 is 14.3 Å². The lowest BCUT2D eigenvalue weighted by Crippen LogP contribution is -2.03. The average Bonchev–Trinajstić information content (AvgIpc) is 3.06.